The van der Waals surface area contributed by atoms with E-state index in [0.717, 1.165) is 31.5 Å². The van der Waals surface area contributed by atoms with E-state index in [9.17, 15) is 9.59 Å². The van der Waals surface area contributed by atoms with Crippen LogP contribution in [0.15, 0.2) is 48.5 Å². The van der Waals surface area contributed by atoms with Gasteiger partial charge in [0.15, 0.2) is 0 Å². The number of nitrogens with zero attached hydrogens (tertiary/aromatic N) is 2. The minimum Gasteiger partial charge on any atom is -0.343 e. The third-order valence-electron chi connectivity index (χ3n) is 5.43. The first-order valence-corrected chi connectivity index (χ1v) is 11.0. The van der Waals surface area contributed by atoms with Crippen molar-refractivity contribution in [2.24, 2.45) is 5.92 Å². The van der Waals surface area contributed by atoms with E-state index in [4.69, 9.17) is 23.2 Å². The third kappa shape index (κ3) is 6.13. The fourth-order valence-electron chi connectivity index (χ4n) is 3.50. The number of halogens is 2. The van der Waals surface area contributed by atoms with Crippen molar-refractivity contribution in [1.29, 1.82) is 0 Å². The van der Waals surface area contributed by atoms with E-state index in [-0.39, 0.29) is 18.4 Å². The number of urea groups is 1. The predicted molar refractivity (Wildman–Crippen MR) is 122 cm³/mol. The van der Waals surface area contributed by atoms with Crippen LogP contribution in [0.25, 0.3) is 0 Å². The minimum atomic E-state index is -0.317. The lowest BCUT2D eigenvalue weighted by Gasteiger charge is -2.31. The molecule has 1 fully saturated rings. The first-order chi connectivity index (χ1) is 14.4. The lowest BCUT2D eigenvalue weighted by Crippen LogP contribution is -2.41. The Balaban J connectivity index is 1.67. The van der Waals surface area contributed by atoms with Gasteiger partial charge in [0.05, 0.1) is 15.7 Å². The van der Waals surface area contributed by atoms with Crippen molar-refractivity contribution < 1.29 is 9.59 Å². The van der Waals surface area contributed by atoms with Gasteiger partial charge in [-0.1, -0.05) is 66.5 Å². The highest BCUT2D eigenvalue weighted by Gasteiger charge is 2.22. The maximum atomic E-state index is 13.0. The van der Waals surface area contributed by atoms with E-state index in [0.29, 0.717) is 34.7 Å². The summed E-state index contributed by atoms with van der Waals surface area (Å²) in [6, 6.07) is 14.5. The van der Waals surface area contributed by atoms with Gasteiger partial charge < -0.3 is 15.1 Å². The standard InChI is InChI=1S/C23H27Cl2N3O2/c1-17-10-13-27(14-11-17)21(29)12-15-28(16-18-6-3-2-4-7-18)23(30)26-20-9-5-8-19(24)22(20)25/h2-9,17H,10-16H2,1H3,(H,26,30). The monoisotopic (exact) mass is 447 g/mol. The van der Waals surface area contributed by atoms with Gasteiger partial charge >= 0.3 is 6.03 Å². The van der Waals surface area contributed by atoms with Crippen molar-refractivity contribution in [3.05, 3.63) is 64.1 Å². The summed E-state index contributed by atoms with van der Waals surface area (Å²) >= 11 is 12.3. The molecule has 0 saturated carbocycles. The maximum Gasteiger partial charge on any atom is 0.322 e. The van der Waals surface area contributed by atoms with Crippen molar-refractivity contribution in [3.63, 3.8) is 0 Å². The lowest BCUT2D eigenvalue weighted by molar-refractivity contribution is -0.132. The van der Waals surface area contributed by atoms with Gasteiger partial charge in [0, 0.05) is 32.6 Å². The number of nitrogens with one attached hydrogen (secondary N) is 1. The molecule has 0 radical (unpaired) electrons. The summed E-state index contributed by atoms with van der Waals surface area (Å²) in [5.74, 6) is 0.755. The highest BCUT2D eigenvalue weighted by atomic mass is 35.5. The Labute approximate surface area is 187 Å². The number of hydrogen-bond acceptors (Lipinski definition) is 2. The van der Waals surface area contributed by atoms with Crippen molar-refractivity contribution in [3.8, 4) is 0 Å². The summed E-state index contributed by atoms with van der Waals surface area (Å²) in [7, 11) is 0. The van der Waals surface area contributed by atoms with E-state index >= 15 is 0 Å². The van der Waals surface area contributed by atoms with Gasteiger partial charge in [-0.15, -0.1) is 0 Å². The highest BCUT2D eigenvalue weighted by Crippen LogP contribution is 2.29. The van der Waals surface area contributed by atoms with Crippen LogP contribution in [0.2, 0.25) is 10.0 Å². The van der Waals surface area contributed by atoms with Gasteiger partial charge in [-0.25, -0.2) is 4.79 Å². The summed E-state index contributed by atoms with van der Waals surface area (Å²) in [4.78, 5) is 29.2. The zero-order valence-corrected chi connectivity index (χ0v) is 18.6. The molecule has 0 spiro atoms. The second kappa shape index (κ2) is 10.7. The molecule has 2 aromatic rings. The molecule has 3 rings (SSSR count). The summed E-state index contributed by atoms with van der Waals surface area (Å²) in [6.07, 6.45) is 2.36. The van der Waals surface area contributed by atoms with E-state index in [1.165, 1.54) is 0 Å². The molecule has 1 aliphatic rings. The van der Waals surface area contributed by atoms with Crippen LogP contribution in [0, 0.1) is 5.92 Å². The zero-order chi connectivity index (χ0) is 21.5. The predicted octanol–water partition coefficient (Wildman–Crippen LogP) is 5.68. The number of carbonyl (C=O) groups excluding carboxylic acids is 2. The van der Waals surface area contributed by atoms with Gasteiger partial charge in [0.25, 0.3) is 0 Å². The molecule has 0 aromatic heterocycles. The second-order valence-corrected chi connectivity index (χ2v) is 8.54. The molecule has 30 heavy (non-hydrogen) atoms. The number of amides is 3. The summed E-state index contributed by atoms with van der Waals surface area (Å²) in [5, 5.41) is 3.50. The number of rotatable bonds is 6. The first kappa shape index (κ1) is 22.4. The maximum absolute atomic E-state index is 13.0. The third-order valence-corrected chi connectivity index (χ3v) is 6.25. The van der Waals surface area contributed by atoms with E-state index in [2.05, 4.69) is 12.2 Å². The number of likely N-dealkylation sites (tertiary alicyclic amines) is 1. The van der Waals surface area contributed by atoms with Crippen LogP contribution in [0.3, 0.4) is 0 Å². The van der Waals surface area contributed by atoms with Gasteiger partial charge in [0.2, 0.25) is 5.91 Å². The molecule has 0 atom stereocenters. The van der Waals surface area contributed by atoms with E-state index in [1.54, 1.807) is 23.1 Å². The molecule has 3 amide bonds. The molecule has 7 heteroatoms. The molecular formula is C23H27Cl2N3O2. The molecule has 0 bridgehead atoms. The van der Waals surface area contributed by atoms with Gasteiger partial charge in [0.1, 0.15) is 0 Å². The molecule has 1 heterocycles. The Kier molecular flexibility index (Phi) is 8.00. The van der Waals surface area contributed by atoms with Gasteiger partial charge in [-0.3, -0.25) is 4.79 Å². The largest absolute Gasteiger partial charge is 0.343 e. The Bertz CT molecular complexity index is 868. The Morgan fingerprint density at radius 1 is 1.07 bits per heavy atom. The fourth-order valence-corrected chi connectivity index (χ4v) is 3.85. The second-order valence-electron chi connectivity index (χ2n) is 7.75. The zero-order valence-electron chi connectivity index (χ0n) is 17.1. The van der Waals surface area contributed by atoms with Crippen LogP contribution in [0.5, 0.6) is 0 Å². The molecule has 160 valence electrons. The van der Waals surface area contributed by atoms with Crippen LogP contribution in [-0.2, 0) is 11.3 Å². The smallest absolute Gasteiger partial charge is 0.322 e. The number of benzene rings is 2. The van der Waals surface area contributed by atoms with Crippen molar-refractivity contribution in [1.82, 2.24) is 9.80 Å². The Hall–Kier alpha value is -2.24. The number of piperidine rings is 1. The van der Waals surface area contributed by atoms with Crippen LogP contribution in [-0.4, -0.2) is 41.4 Å². The van der Waals surface area contributed by atoms with Crippen LogP contribution in [0.1, 0.15) is 31.7 Å². The molecule has 1 aliphatic heterocycles. The fraction of sp³-hybridized carbons (Fsp3) is 0.391. The number of anilines is 1. The van der Waals surface area contributed by atoms with Crippen molar-refractivity contribution in [2.75, 3.05) is 25.0 Å². The first-order valence-electron chi connectivity index (χ1n) is 10.3. The number of hydrogen-bond donors (Lipinski definition) is 1. The minimum absolute atomic E-state index is 0.0912. The lowest BCUT2D eigenvalue weighted by atomic mass is 9.99. The molecule has 0 unspecified atom stereocenters. The topological polar surface area (TPSA) is 52.7 Å². The van der Waals surface area contributed by atoms with Gasteiger partial charge in [-0.2, -0.15) is 0 Å². The van der Waals surface area contributed by atoms with Crippen molar-refractivity contribution >= 4 is 40.8 Å². The Morgan fingerprint density at radius 2 is 1.77 bits per heavy atom. The molecular weight excluding hydrogens is 421 g/mol. The van der Waals surface area contributed by atoms with Gasteiger partial charge in [-0.05, 0) is 36.5 Å². The highest BCUT2D eigenvalue weighted by molar-refractivity contribution is 6.43. The van der Waals surface area contributed by atoms with Crippen molar-refractivity contribution in [2.45, 2.75) is 32.7 Å². The molecule has 0 aliphatic carbocycles. The van der Waals surface area contributed by atoms with Crippen LogP contribution < -0.4 is 5.32 Å². The summed E-state index contributed by atoms with van der Waals surface area (Å²) < 4.78 is 0. The molecule has 5 nitrogen and oxygen atoms in total. The molecule has 1 N–H and O–H groups in total. The average molecular weight is 448 g/mol. The Morgan fingerprint density at radius 3 is 2.47 bits per heavy atom. The molecule has 1 saturated heterocycles. The van der Waals surface area contributed by atoms with E-state index in [1.807, 2.05) is 35.2 Å². The summed E-state index contributed by atoms with van der Waals surface area (Å²) in [6.45, 7) is 4.53. The quantitative estimate of drug-likeness (QED) is 0.619. The summed E-state index contributed by atoms with van der Waals surface area (Å²) in [5.41, 5.74) is 1.44. The number of carbonyl (C=O) groups is 2. The SMILES string of the molecule is CC1CCN(C(=O)CCN(Cc2ccccc2)C(=O)Nc2cccc(Cl)c2Cl)CC1. The van der Waals surface area contributed by atoms with E-state index < -0.39 is 0 Å². The normalized spacial score (nSPS) is 14.4. The van der Waals surface area contributed by atoms with Crippen LogP contribution in [0.4, 0.5) is 10.5 Å². The average Bonchev–Trinajstić information content (AvgIpc) is 2.75. The van der Waals surface area contributed by atoms with Crippen LogP contribution >= 0.6 is 23.2 Å². The molecule has 2 aromatic carbocycles.